The molecular weight excluding hydrogens is 272 g/mol. The molecule has 0 N–H and O–H groups in total. The first-order valence-electron chi connectivity index (χ1n) is 6.03. The predicted octanol–water partition coefficient (Wildman–Crippen LogP) is 4.44. The predicted molar refractivity (Wildman–Crippen MR) is 83.0 cm³/mol. The van der Waals surface area contributed by atoms with Crippen molar-refractivity contribution in [2.75, 3.05) is 0 Å². The van der Waals surface area contributed by atoms with E-state index in [9.17, 15) is 0 Å². The first-order valence-corrected chi connectivity index (χ1v) is 7.96. The Morgan fingerprint density at radius 3 is 2.68 bits per heavy atom. The van der Waals surface area contributed by atoms with Crippen LogP contribution in [0.4, 0.5) is 0 Å². The van der Waals surface area contributed by atoms with Crippen LogP contribution in [0.2, 0.25) is 0 Å². The van der Waals surface area contributed by atoms with Gasteiger partial charge in [0.25, 0.3) is 0 Å². The third kappa shape index (κ3) is 1.97. The normalized spacial score (nSPS) is 16.1. The van der Waals surface area contributed by atoms with E-state index < -0.39 is 0 Å². The van der Waals surface area contributed by atoms with E-state index in [1.807, 2.05) is 36.0 Å². The molecule has 3 heterocycles. The molecule has 0 saturated heterocycles. The Balaban J connectivity index is 1.88. The summed E-state index contributed by atoms with van der Waals surface area (Å²) in [5.74, 6) is 0.920. The molecule has 0 saturated carbocycles. The molecule has 0 radical (unpaired) electrons. The van der Waals surface area contributed by atoms with E-state index in [1.54, 1.807) is 11.3 Å². The minimum Gasteiger partial charge on any atom is -0.248 e. The topological polar surface area (TPSA) is 25.8 Å². The summed E-state index contributed by atoms with van der Waals surface area (Å²) in [5, 5.41) is 4.25. The van der Waals surface area contributed by atoms with Crippen LogP contribution < -0.4 is 0 Å². The molecule has 4 heteroatoms. The Kier molecular flexibility index (Phi) is 2.64. The van der Waals surface area contributed by atoms with Crippen LogP contribution in [-0.2, 0) is 5.75 Å². The molecule has 1 aromatic carbocycles. The summed E-state index contributed by atoms with van der Waals surface area (Å²) in [6, 6.07) is 10.2. The van der Waals surface area contributed by atoms with Crippen molar-refractivity contribution < 1.29 is 0 Å². The van der Waals surface area contributed by atoms with E-state index in [1.165, 1.54) is 10.5 Å². The molecule has 1 aliphatic rings. The molecule has 0 fully saturated rings. The largest absolute Gasteiger partial charge is 0.248 e. The maximum Gasteiger partial charge on any atom is 0.0997 e. The van der Waals surface area contributed by atoms with Gasteiger partial charge >= 0.3 is 0 Å². The molecule has 0 atom stereocenters. The molecule has 3 aromatic rings. The zero-order chi connectivity index (χ0) is 12.7. The van der Waals surface area contributed by atoms with Gasteiger partial charge in [0.15, 0.2) is 0 Å². The quantitative estimate of drug-likeness (QED) is 0.660. The second-order valence-electron chi connectivity index (χ2n) is 4.36. The van der Waals surface area contributed by atoms with Gasteiger partial charge in [-0.05, 0) is 40.6 Å². The minimum absolute atomic E-state index is 0.920. The molecule has 1 aliphatic heterocycles. The van der Waals surface area contributed by atoms with Crippen LogP contribution >= 0.6 is 23.1 Å². The van der Waals surface area contributed by atoms with Crippen LogP contribution in [0.15, 0.2) is 41.1 Å². The summed E-state index contributed by atoms with van der Waals surface area (Å²) in [6.45, 7) is 0. The van der Waals surface area contributed by atoms with Crippen molar-refractivity contribution >= 4 is 45.1 Å². The number of benzene rings is 1. The lowest BCUT2D eigenvalue weighted by molar-refractivity contribution is 1.16. The van der Waals surface area contributed by atoms with Crippen molar-refractivity contribution in [1.29, 1.82) is 0 Å². The highest BCUT2D eigenvalue weighted by molar-refractivity contribution is 8.08. The van der Waals surface area contributed by atoms with Crippen LogP contribution in [-0.4, -0.2) is 9.97 Å². The standard InChI is InChI=1S/C15H10N2S2/c1-2-4-12-11(3-1)16-13-9-19-14(15(13)17-12)7-10-5-6-18-8-10/h1-8H,9H2/b14-7-. The van der Waals surface area contributed by atoms with Gasteiger partial charge in [-0.15, -0.1) is 11.8 Å². The Bertz CT molecular complexity index is 776. The Morgan fingerprint density at radius 2 is 1.89 bits per heavy atom. The fourth-order valence-corrected chi connectivity index (χ4v) is 3.80. The average Bonchev–Trinajstić information content (AvgIpc) is 3.08. The number of thiophene rings is 1. The lowest BCUT2D eigenvalue weighted by atomic mass is 10.2. The zero-order valence-corrected chi connectivity index (χ0v) is 11.7. The summed E-state index contributed by atoms with van der Waals surface area (Å²) in [7, 11) is 0. The van der Waals surface area contributed by atoms with Crippen molar-refractivity contribution in [3.05, 3.63) is 58.0 Å². The molecule has 0 amide bonds. The van der Waals surface area contributed by atoms with Crippen LogP contribution in [0, 0.1) is 0 Å². The van der Waals surface area contributed by atoms with E-state index in [0.717, 1.165) is 28.2 Å². The second-order valence-corrected chi connectivity index (χ2v) is 6.16. The van der Waals surface area contributed by atoms with Gasteiger partial charge in [0, 0.05) is 10.7 Å². The zero-order valence-electron chi connectivity index (χ0n) is 10.0. The molecule has 4 rings (SSSR count). The second kappa shape index (κ2) is 4.47. The lowest BCUT2D eigenvalue weighted by Gasteiger charge is -2.01. The van der Waals surface area contributed by atoms with Gasteiger partial charge in [-0.3, -0.25) is 0 Å². The van der Waals surface area contributed by atoms with E-state index in [2.05, 4.69) is 22.9 Å². The van der Waals surface area contributed by atoms with Gasteiger partial charge in [-0.25, -0.2) is 9.97 Å². The fourth-order valence-electron chi connectivity index (χ4n) is 2.17. The average molecular weight is 282 g/mol. The van der Waals surface area contributed by atoms with E-state index in [0.29, 0.717) is 0 Å². The van der Waals surface area contributed by atoms with E-state index in [4.69, 9.17) is 9.97 Å². The van der Waals surface area contributed by atoms with Gasteiger partial charge in [-0.1, -0.05) is 12.1 Å². The molecule has 0 aliphatic carbocycles. The Hall–Kier alpha value is -1.65. The summed E-state index contributed by atoms with van der Waals surface area (Å²) in [5.41, 5.74) is 5.36. The molecule has 2 nitrogen and oxygen atoms in total. The smallest absolute Gasteiger partial charge is 0.0997 e. The summed E-state index contributed by atoms with van der Waals surface area (Å²) < 4.78 is 0. The molecule has 0 unspecified atom stereocenters. The van der Waals surface area contributed by atoms with Crippen molar-refractivity contribution in [2.24, 2.45) is 0 Å². The van der Waals surface area contributed by atoms with Crippen LogP contribution in [0.1, 0.15) is 17.0 Å². The lowest BCUT2D eigenvalue weighted by Crippen LogP contribution is -1.93. The highest BCUT2D eigenvalue weighted by atomic mass is 32.2. The number of hydrogen-bond donors (Lipinski definition) is 0. The van der Waals surface area contributed by atoms with E-state index >= 15 is 0 Å². The molecule has 0 bridgehead atoms. The molecule has 0 spiro atoms. The molecule has 92 valence electrons. The highest BCUT2D eigenvalue weighted by Crippen LogP contribution is 2.40. The van der Waals surface area contributed by atoms with Crippen LogP contribution in [0.3, 0.4) is 0 Å². The SMILES string of the molecule is C(=C1/SCc2nc3ccccc3nc21)/c1ccsc1. The summed E-state index contributed by atoms with van der Waals surface area (Å²) in [6.07, 6.45) is 2.20. The number of aromatic nitrogens is 2. The van der Waals surface area contributed by atoms with Gasteiger partial charge in [0.2, 0.25) is 0 Å². The minimum atomic E-state index is 0.920. The number of thioether (sulfide) groups is 1. The number of nitrogens with zero attached hydrogens (tertiary/aromatic N) is 2. The molecule has 2 aromatic heterocycles. The van der Waals surface area contributed by atoms with Gasteiger partial charge < -0.3 is 0 Å². The van der Waals surface area contributed by atoms with Gasteiger partial charge in [0.1, 0.15) is 0 Å². The maximum absolute atomic E-state index is 4.77. The fraction of sp³-hybridized carbons (Fsp3) is 0.0667. The van der Waals surface area contributed by atoms with Crippen molar-refractivity contribution in [2.45, 2.75) is 5.75 Å². The first kappa shape index (κ1) is 11.2. The first-order chi connectivity index (χ1) is 9.40. The number of fused-ring (bicyclic) bond motifs is 2. The van der Waals surface area contributed by atoms with Crippen LogP contribution in [0.25, 0.3) is 22.0 Å². The third-order valence-electron chi connectivity index (χ3n) is 3.08. The number of hydrogen-bond acceptors (Lipinski definition) is 4. The third-order valence-corrected chi connectivity index (χ3v) is 4.82. The van der Waals surface area contributed by atoms with Crippen LogP contribution in [0.5, 0.6) is 0 Å². The molecule has 19 heavy (non-hydrogen) atoms. The van der Waals surface area contributed by atoms with Crippen molar-refractivity contribution in [3.63, 3.8) is 0 Å². The van der Waals surface area contributed by atoms with Gasteiger partial charge in [-0.2, -0.15) is 11.3 Å². The highest BCUT2D eigenvalue weighted by Gasteiger charge is 2.20. The maximum atomic E-state index is 4.77. The monoisotopic (exact) mass is 282 g/mol. The van der Waals surface area contributed by atoms with Gasteiger partial charge in [0.05, 0.1) is 22.4 Å². The summed E-state index contributed by atoms with van der Waals surface area (Å²) in [4.78, 5) is 10.7. The van der Waals surface area contributed by atoms with Crippen molar-refractivity contribution in [1.82, 2.24) is 9.97 Å². The Labute approximate surface area is 119 Å². The number of rotatable bonds is 1. The molecular formula is C15H10N2S2. The van der Waals surface area contributed by atoms with E-state index in [-0.39, 0.29) is 0 Å². The summed E-state index contributed by atoms with van der Waals surface area (Å²) >= 11 is 3.54. The Morgan fingerprint density at radius 1 is 1.05 bits per heavy atom. The number of para-hydroxylation sites is 2. The van der Waals surface area contributed by atoms with Crippen molar-refractivity contribution in [3.8, 4) is 0 Å².